The molecule has 25 heavy (non-hydrogen) atoms. The maximum Gasteiger partial charge on any atom is 0.221 e. The molecule has 1 aliphatic heterocycles. The first-order valence-corrected chi connectivity index (χ1v) is 8.87. The lowest BCUT2D eigenvalue weighted by atomic mass is 10.00. The number of benzene rings is 1. The number of fused-ring (bicyclic) bond motifs is 1. The number of hydrogen-bond donors (Lipinski definition) is 2. The normalized spacial score (nSPS) is 18.1. The van der Waals surface area contributed by atoms with Crippen molar-refractivity contribution in [2.75, 3.05) is 19.6 Å². The van der Waals surface area contributed by atoms with Crippen LogP contribution in [0.1, 0.15) is 37.0 Å². The van der Waals surface area contributed by atoms with Crippen LogP contribution in [0.5, 0.6) is 0 Å². The van der Waals surface area contributed by atoms with E-state index < -0.39 is 0 Å². The summed E-state index contributed by atoms with van der Waals surface area (Å²) in [5, 5.41) is 4.23. The van der Waals surface area contributed by atoms with Gasteiger partial charge in [0.2, 0.25) is 5.91 Å². The highest BCUT2D eigenvalue weighted by Crippen LogP contribution is 2.28. The van der Waals surface area contributed by atoms with Crippen molar-refractivity contribution in [2.45, 2.75) is 45.2 Å². The van der Waals surface area contributed by atoms with Crippen LogP contribution in [0.15, 0.2) is 28.7 Å². The molecule has 1 saturated heterocycles. The minimum Gasteiger partial charge on any atom is -0.461 e. The molecule has 1 aromatic heterocycles. The third-order valence-electron chi connectivity index (χ3n) is 4.92. The highest BCUT2D eigenvalue weighted by Gasteiger charge is 2.24. The van der Waals surface area contributed by atoms with Crippen molar-refractivity contribution in [3.8, 4) is 0 Å². The van der Waals surface area contributed by atoms with Gasteiger partial charge in [-0.05, 0) is 32.4 Å². The number of rotatable bonds is 6. The van der Waals surface area contributed by atoms with E-state index in [4.69, 9.17) is 10.2 Å². The molecule has 6 heteroatoms. The van der Waals surface area contributed by atoms with E-state index >= 15 is 0 Å². The van der Waals surface area contributed by atoms with Gasteiger partial charge in [-0.25, -0.2) is 0 Å². The zero-order valence-electron chi connectivity index (χ0n) is 14.8. The molecule has 0 saturated carbocycles. The molecule has 0 aliphatic carbocycles. The van der Waals surface area contributed by atoms with E-state index in [0.717, 1.165) is 30.9 Å². The van der Waals surface area contributed by atoms with Gasteiger partial charge < -0.3 is 15.5 Å². The van der Waals surface area contributed by atoms with Crippen LogP contribution in [0.25, 0.3) is 11.0 Å². The second-order valence-electron chi connectivity index (χ2n) is 6.60. The SMILES string of the molecule is Cc1oc2ccccc2c1CN1CCCCC1CNC(=O)CCN.Cl. The van der Waals surface area contributed by atoms with Crippen LogP contribution < -0.4 is 11.1 Å². The molecule has 3 rings (SSSR count). The van der Waals surface area contributed by atoms with E-state index in [2.05, 4.69) is 22.3 Å². The molecule has 138 valence electrons. The van der Waals surface area contributed by atoms with Gasteiger partial charge in [0.05, 0.1) is 0 Å². The Morgan fingerprint density at radius 3 is 2.96 bits per heavy atom. The van der Waals surface area contributed by atoms with Crippen LogP contribution in [-0.4, -0.2) is 36.5 Å². The summed E-state index contributed by atoms with van der Waals surface area (Å²) in [6, 6.07) is 8.59. The standard InChI is InChI=1S/C19H27N3O2.ClH/c1-14-17(16-7-2-3-8-18(16)24-14)13-22-11-5-4-6-15(22)12-21-19(23)9-10-20;/h2-3,7-8,15H,4-6,9-13,20H2,1H3,(H,21,23);1H. The number of nitrogens with zero attached hydrogens (tertiary/aromatic N) is 1. The summed E-state index contributed by atoms with van der Waals surface area (Å²) in [5.74, 6) is 1.04. The van der Waals surface area contributed by atoms with Gasteiger partial charge in [-0.15, -0.1) is 12.4 Å². The molecule has 1 aliphatic rings. The average Bonchev–Trinajstić information content (AvgIpc) is 2.90. The van der Waals surface area contributed by atoms with Gasteiger partial charge in [-0.3, -0.25) is 9.69 Å². The lowest BCUT2D eigenvalue weighted by Crippen LogP contribution is -2.46. The Morgan fingerprint density at radius 1 is 1.36 bits per heavy atom. The molecule has 1 atom stereocenters. The van der Waals surface area contributed by atoms with E-state index in [9.17, 15) is 4.79 Å². The van der Waals surface area contributed by atoms with E-state index in [1.54, 1.807) is 0 Å². The monoisotopic (exact) mass is 365 g/mol. The third kappa shape index (κ3) is 4.75. The molecule has 1 unspecified atom stereocenters. The minimum atomic E-state index is 0. The zero-order valence-corrected chi connectivity index (χ0v) is 15.6. The molecule has 0 bridgehead atoms. The fourth-order valence-corrected chi connectivity index (χ4v) is 3.57. The minimum absolute atomic E-state index is 0. The third-order valence-corrected chi connectivity index (χ3v) is 4.92. The Bertz CT molecular complexity index is 701. The topological polar surface area (TPSA) is 71.5 Å². The Labute approximate surface area is 155 Å². The number of para-hydroxylation sites is 1. The number of carbonyl (C=O) groups excluding carboxylic acids is 1. The van der Waals surface area contributed by atoms with Gasteiger partial charge in [0.15, 0.2) is 0 Å². The Balaban J connectivity index is 0.00000225. The maximum atomic E-state index is 11.7. The molecule has 0 spiro atoms. The summed E-state index contributed by atoms with van der Waals surface area (Å²) in [4.78, 5) is 14.2. The summed E-state index contributed by atoms with van der Waals surface area (Å²) in [6.45, 7) is 5.09. The number of piperidine rings is 1. The van der Waals surface area contributed by atoms with Crippen LogP contribution in [0.4, 0.5) is 0 Å². The second-order valence-corrected chi connectivity index (χ2v) is 6.60. The van der Waals surface area contributed by atoms with Gasteiger partial charge in [0.25, 0.3) is 0 Å². The number of furan rings is 1. The maximum absolute atomic E-state index is 11.7. The molecule has 1 fully saturated rings. The predicted octanol–water partition coefficient (Wildman–Crippen LogP) is 2.98. The molecule has 0 radical (unpaired) electrons. The fraction of sp³-hybridized carbons (Fsp3) is 0.526. The molecular formula is C19H28ClN3O2. The number of carbonyl (C=O) groups is 1. The van der Waals surface area contributed by atoms with Crippen molar-refractivity contribution in [3.05, 3.63) is 35.6 Å². The first-order chi connectivity index (χ1) is 11.7. The van der Waals surface area contributed by atoms with Crippen LogP contribution in [-0.2, 0) is 11.3 Å². The molecule has 5 nitrogen and oxygen atoms in total. The van der Waals surface area contributed by atoms with Crippen molar-refractivity contribution >= 4 is 29.3 Å². The number of amides is 1. The number of nitrogens with two attached hydrogens (primary N) is 1. The van der Waals surface area contributed by atoms with Crippen LogP contribution in [0.2, 0.25) is 0 Å². The summed E-state index contributed by atoms with van der Waals surface area (Å²) < 4.78 is 5.90. The molecule has 2 aromatic rings. The van der Waals surface area contributed by atoms with Crippen molar-refractivity contribution in [1.82, 2.24) is 10.2 Å². The summed E-state index contributed by atoms with van der Waals surface area (Å²) >= 11 is 0. The quantitative estimate of drug-likeness (QED) is 0.825. The molecule has 1 amide bonds. The van der Waals surface area contributed by atoms with Crippen molar-refractivity contribution in [3.63, 3.8) is 0 Å². The van der Waals surface area contributed by atoms with Gasteiger partial charge in [0, 0.05) is 43.0 Å². The second kappa shape index (κ2) is 9.22. The predicted molar refractivity (Wildman–Crippen MR) is 103 cm³/mol. The number of halogens is 1. The van der Waals surface area contributed by atoms with Crippen LogP contribution in [0.3, 0.4) is 0 Å². The Kier molecular flexibility index (Phi) is 7.29. The lowest BCUT2D eigenvalue weighted by Gasteiger charge is -2.35. The number of likely N-dealkylation sites (tertiary alicyclic amines) is 1. The Hall–Kier alpha value is -1.56. The molecule has 1 aromatic carbocycles. The van der Waals surface area contributed by atoms with Crippen LogP contribution in [0, 0.1) is 6.92 Å². The van der Waals surface area contributed by atoms with Crippen molar-refractivity contribution in [2.24, 2.45) is 5.73 Å². The highest BCUT2D eigenvalue weighted by atomic mass is 35.5. The first-order valence-electron chi connectivity index (χ1n) is 8.87. The van der Waals surface area contributed by atoms with Crippen LogP contribution >= 0.6 is 12.4 Å². The summed E-state index contributed by atoms with van der Waals surface area (Å²) in [6.07, 6.45) is 3.96. The molecule has 2 heterocycles. The van der Waals surface area contributed by atoms with Gasteiger partial charge in [0.1, 0.15) is 11.3 Å². The number of aryl methyl sites for hydroxylation is 1. The van der Waals surface area contributed by atoms with Crippen molar-refractivity contribution < 1.29 is 9.21 Å². The van der Waals surface area contributed by atoms with Gasteiger partial charge >= 0.3 is 0 Å². The largest absolute Gasteiger partial charge is 0.461 e. The summed E-state index contributed by atoms with van der Waals surface area (Å²) in [7, 11) is 0. The highest BCUT2D eigenvalue weighted by molar-refractivity contribution is 5.85. The lowest BCUT2D eigenvalue weighted by molar-refractivity contribution is -0.121. The van der Waals surface area contributed by atoms with Crippen molar-refractivity contribution in [1.29, 1.82) is 0 Å². The number of hydrogen-bond acceptors (Lipinski definition) is 4. The fourth-order valence-electron chi connectivity index (χ4n) is 3.57. The molecular weight excluding hydrogens is 338 g/mol. The number of nitrogens with one attached hydrogen (secondary N) is 1. The van der Waals surface area contributed by atoms with E-state index in [-0.39, 0.29) is 18.3 Å². The molecule has 3 N–H and O–H groups in total. The summed E-state index contributed by atoms with van der Waals surface area (Å²) in [5.41, 5.74) is 7.67. The first kappa shape index (κ1) is 19.8. The Morgan fingerprint density at radius 2 is 2.16 bits per heavy atom. The smallest absolute Gasteiger partial charge is 0.221 e. The van der Waals surface area contributed by atoms with E-state index in [1.165, 1.54) is 23.8 Å². The van der Waals surface area contributed by atoms with Gasteiger partial charge in [-0.2, -0.15) is 0 Å². The van der Waals surface area contributed by atoms with E-state index in [1.807, 2.05) is 19.1 Å². The average molecular weight is 366 g/mol. The van der Waals surface area contributed by atoms with E-state index in [0.29, 0.717) is 25.6 Å². The zero-order chi connectivity index (χ0) is 16.9. The van der Waals surface area contributed by atoms with Gasteiger partial charge in [-0.1, -0.05) is 24.6 Å².